The van der Waals surface area contributed by atoms with Gasteiger partial charge >= 0.3 is 0 Å². The lowest BCUT2D eigenvalue weighted by Gasteiger charge is -2.26. The van der Waals surface area contributed by atoms with E-state index in [4.69, 9.17) is 34.3 Å². The maximum Gasteiger partial charge on any atom is 0.240 e. The number of ether oxygens (including phenoxy) is 4. The van der Waals surface area contributed by atoms with E-state index in [2.05, 4.69) is 48.1 Å². The van der Waals surface area contributed by atoms with Gasteiger partial charge in [0.15, 0.2) is 0 Å². The Hall–Kier alpha value is -4.18. The molecule has 2 saturated heterocycles. The van der Waals surface area contributed by atoms with Gasteiger partial charge in [0.1, 0.15) is 43.0 Å². The van der Waals surface area contributed by atoms with E-state index in [1.165, 1.54) is 23.3 Å². The lowest BCUT2D eigenvalue weighted by molar-refractivity contribution is 0.0450. The molecule has 234 valence electrons. The number of benzene rings is 3. The molecule has 2 unspecified atom stereocenters. The molecule has 3 N–H and O–H groups in total. The van der Waals surface area contributed by atoms with Crippen molar-refractivity contribution < 1.29 is 43.9 Å². The van der Waals surface area contributed by atoms with Crippen LogP contribution in [0.15, 0.2) is 76.7 Å². The van der Waals surface area contributed by atoms with Crippen molar-refractivity contribution in [2.45, 2.75) is 44.5 Å². The number of hydrogen-bond donors (Lipinski definition) is 3. The zero-order valence-corrected chi connectivity index (χ0v) is 25.0. The van der Waals surface area contributed by atoms with Crippen LogP contribution in [0.25, 0.3) is 0 Å². The summed E-state index contributed by atoms with van der Waals surface area (Å²) < 4.78 is 21.8. The zero-order chi connectivity index (χ0) is 32.0. The smallest absolute Gasteiger partial charge is 0.240 e. The highest BCUT2D eigenvalue weighted by Crippen LogP contribution is 2.33. The molecule has 0 saturated carbocycles. The fraction of sp³-hybridized carbons (Fsp3) is 0.394. The van der Waals surface area contributed by atoms with Crippen molar-refractivity contribution in [2.75, 3.05) is 39.6 Å². The molecule has 0 radical (unpaired) electrons. The Balaban J connectivity index is 0.000000233. The second-order valence-electron chi connectivity index (χ2n) is 10.6. The van der Waals surface area contributed by atoms with Gasteiger partial charge in [0.05, 0.1) is 37.8 Å². The van der Waals surface area contributed by atoms with E-state index in [1.54, 1.807) is 25.1 Å². The quantitative estimate of drug-likeness (QED) is 0.158. The predicted molar refractivity (Wildman–Crippen MR) is 162 cm³/mol. The molecule has 44 heavy (non-hydrogen) atoms. The van der Waals surface area contributed by atoms with E-state index in [-0.39, 0.29) is 30.8 Å². The van der Waals surface area contributed by atoms with Crippen LogP contribution in [0, 0.1) is 6.92 Å². The summed E-state index contributed by atoms with van der Waals surface area (Å²) in [6, 6.07) is 21.6. The fourth-order valence-electron chi connectivity index (χ4n) is 3.82. The first-order valence-electron chi connectivity index (χ1n) is 14.1. The van der Waals surface area contributed by atoms with Crippen LogP contribution >= 0.6 is 0 Å². The first-order valence-corrected chi connectivity index (χ1v) is 14.1. The lowest BCUT2D eigenvalue weighted by atomic mass is 9.78. The van der Waals surface area contributed by atoms with Crippen molar-refractivity contribution in [3.05, 3.63) is 83.4 Å². The maximum absolute atomic E-state index is 10.00. The van der Waals surface area contributed by atoms with Crippen LogP contribution in [0.3, 0.4) is 0 Å². The number of nitrogens with zero attached hydrogens (tertiary/aromatic N) is 2. The van der Waals surface area contributed by atoms with Crippen molar-refractivity contribution in [1.29, 1.82) is 0 Å². The highest BCUT2D eigenvalue weighted by Gasteiger charge is 2.25. The van der Waals surface area contributed by atoms with E-state index in [1.807, 2.05) is 24.3 Å². The molecule has 2 atom stereocenters. The average molecular weight is 607 g/mol. The molecule has 11 nitrogen and oxygen atoms in total. The van der Waals surface area contributed by atoms with Gasteiger partial charge in [0.2, 0.25) is 12.2 Å². The molecule has 2 heterocycles. The van der Waals surface area contributed by atoms with Gasteiger partial charge in [0, 0.05) is 11.0 Å². The minimum atomic E-state index is -0.954. The van der Waals surface area contributed by atoms with Crippen LogP contribution in [0.2, 0.25) is 0 Å². The first kappa shape index (κ1) is 34.3. The summed E-state index contributed by atoms with van der Waals surface area (Å²) in [6.45, 7) is 8.35. The molecular formula is C33H38N2O9. The van der Waals surface area contributed by atoms with Crippen LogP contribution in [-0.2, 0) is 24.5 Å². The highest BCUT2D eigenvalue weighted by molar-refractivity contribution is 5.64. The van der Waals surface area contributed by atoms with Crippen LogP contribution in [-0.4, -0.2) is 85.4 Å². The van der Waals surface area contributed by atoms with Gasteiger partial charge in [-0.15, -0.1) is 0 Å². The first-order chi connectivity index (χ1) is 21.2. The van der Waals surface area contributed by atoms with Gasteiger partial charge in [-0.05, 0) is 54.4 Å². The molecular weight excluding hydrogens is 568 g/mol. The zero-order valence-electron chi connectivity index (χ0n) is 25.0. The van der Waals surface area contributed by atoms with Crippen LogP contribution in [0.1, 0.15) is 30.5 Å². The molecule has 2 aliphatic rings. The number of rotatable bonds is 12. The SMILES string of the molecule is CC(C)(c1ccc(OCC2CO2)cc1)c1ccc(OCC2CO2)cc1.Cc1c(N=C=O)cccc1N=C=O.OCC(O)CO. The van der Waals surface area contributed by atoms with Crippen molar-refractivity contribution in [3.8, 4) is 11.5 Å². The van der Waals surface area contributed by atoms with Crippen molar-refractivity contribution in [1.82, 2.24) is 0 Å². The third-order valence-corrected chi connectivity index (χ3v) is 6.86. The van der Waals surface area contributed by atoms with Gasteiger partial charge in [-0.2, -0.15) is 9.98 Å². The number of carbonyl (C=O) groups excluding carboxylic acids is 2. The molecule has 0 aromatic heterocycles. The predicted octanol–water partition coefficient (Wildman–Crippen LogP) is 3.83. The van der Waals surface area contributed by atoms with E-state index in [0.29, 0.717) is 30.2 Å². The lowest BCUT2D eigenvalue weighted by Crippen LogP contribution is -2.18. The second-order valence-corrected chi connectivity index (χ2v) is 10.6. The Kier molecular flexibility index (Phi) is 13.4. The summed E-state index contributed by atoms with van der Waals surface area (Å²) in [5.41, 5.74) is 4.01. The van der Waals surface area contributed by atoms with Gasteiger partial charge in [-0.25, -0.2) is 9.59 Å². The Labute approximate surface area is 256 Å². The number of aliphatic imine (C=N–C) groups is 2. The number of aliphatic hydroxyl groups excluding tert-OH is 3. The molecule has 3 aromatic carbocycles. The Morgan fingerprint density at radius 2 is 1.18 bits per heavy atom. The van der Waals surface area contributed by atoms with E-state index >= 15 is 0 Å². The fourth-order valence-corrected chi connectivity index (χ4v) is 3.82. The van der Waals surface area contributed by atoms with Gasteiger partial charge in [-0.3, -0.25) is 0 Å². The number of aliphatic hydroxyl groups is 3. The topological polar surface area (TPSA) is 163 Å². The van der Waals surface area contributed by atoms with E-state index in [0.717, 1.165) is 24.7 Å². The standard InChI is InChI=1S/C21H24O4.C9H6N2O2.C3H8O3/c1-21(2,15-3-7-17(8-4-15)22-11-19-13-24-19)16-5-9-18(10-6-16)23-12-20-14-25-20;1-7-8(10-5-12)3-2-4-9(7)11-6-13;4-1-3(6)2-5/h3-10,19-20H,11-14H2,1-2H3;2-4H,1H3;3-6H,1-2H2. The maximum atomic E-state index is 10.00. The molecule has 3 aromatic rings. The molecule has 0 aliphatic carbocycles. The molecule has 0 spiro atoms. The molecule has 2 aliphatic heterocycles. The molecule has 0 amide bonds. The number of epoxide rings is 2. The van der Waals surface area contributed by atoms with Crippen LogP contribution in [0.5, 0.6) is 11.5 Å². The Morgan fingerprint density at radius 1 is 0.795 bits per heavy atom. The average Bonchev–Trinajstić information content (AvgIpc) is 3.98. The highest BCUT2D eigenvalue weighted by atomic mass is 16.6. The van der Waals surface area contributed by atoms with Crippen molar-refractivity contribution in [3.63, 3.8) is 0 Å². The Morgan fingerprint density at radius 3 is 1.48 bits per heavy atom. The molecule has 11 heteroatoms. The summed E-state index contributed by atoms with van der Waals surface area (Å²) >= 11 is 0. The van der Waals surface area contributed by atoms with Crippen LogP contribution in [0.4, 0.5) is 11.4 Å². The number of hydrogen-bond acceptors (Lipinski definition) is 11. The van der Waals surface area contributed by atoms with Gasteiger partial charge in [0.25, 0.3) is 0 Å². The minimum Gasteiger partial charge on any atom is -0.491 e. The molecule has 2 fully saturated rings. The summed E-state index contributed by atoms with van der Waals surface area (Å²) in [5.74, 6) is 1.78. The summed E-state index contributed by atoms with van der Waals surface area (Å²) in [6.07, 6.45) is 2.47. The molecule has 0 bridgehead atoms. The minimum absolute atomic E-state index is 0.0870. The normalized spacial score (nSPS) is 16.2. The second kappa shape index (κ2) is 17.2. The van der Waals surface area contributed by atoms with Gasteiger partial charge < -0.3 is 34.3 Å². The van der Waals surface area contributed by atoms with Gasteiger partial charge in [-0.1, -0.05) is 44.2 Å². The monoisotopic (exact) mass is 606 g/mol. The van der Waals surface area contributed by atoms with E-state index < -0.39 is 6.10 Å². The summed E-state index contributed by atoms with van der Waals surface area (Å²) in [4.78, 5) is 26.9. The van der Waals surface area contributed by atoms with Crippen molar-refractivity contribution in [2.24, 2.45) is 9.98 Å². The van der Waals surface area contributed by atoms with Crippen LogP contribution < -0.4 is 9.47 Å². The largest absolute Gasteiger partial charge is 0.491 e. The third-order valence-electron chi connectivity index (χ3n) is 6.86. The molecule has 5 rings (SSSR count). The summed E-state index contributed by atoms with van der Waals surface area (Å²) in [5, 5.41) is 24.0. The Bertz CT molecular complexity index is 1300. The van der Waals surface area contributed by atoms with Crippen molar-refractivity contribution >= 4 is 23.5 Å². The third kappa shape index (κ3) is 11.1. The van der Waals surface area contributed by atoms with E-state index in [9.17, 15) is 9.59 Å². The summed E-state index contributed by atoms with van der Waals surface area (Å²) in [7, 11) is 0. The number of isocyanates is 2.